The van der Waals surface area contributed by atoms with Crippen LogP contribution in [0.15, 0.2) is 0 Å². The largest absolute Gasteiger partial charge is 0.468 e. The first-order valence-corrected chi connectivity index (χ1v) is 5.64. The van der Waals surface area contributed by atoms with Crippen molar-refractivity contribution in [3.05, 3.63) is 0 Å². The van der Waals surface area contributed by atoms with Crippen molar-refractivity contribution in [2.24, 2.45) is 5.41 Å². The fourth-order valence-electron chi connectivity index (χ4n) is 1.23. The van der Waals surface area contributed by atoms with Crippen LogP contribution in [-0.2, 0) is 14.3 Å². The summed E-state index contributed by atoms with van der Waals surface area (Å²) in [5.74, 6) is -0.385. The van der Waals surface area contributed by atoms with Crippen molar-refractivity contribution in [1.29, 1.82) is 0 Å². The van der Waals surface area contributed by atoms with Crippen LogP contribution in [0.3, 0.4) is 0 Å². The number of esters is 1. The molecule has 4 nitrogen and oxygen atoms in total. The Kier molecular flexibility index (Phi) is 5.48. The number of carbonyl (C=O) groups is 2. The zero-order chi connectivity index (χ0) is 12.9. The van der Waals surface area contributed by atoms with Crippen LogP contribution in [0.2, 0.25) is 0 Å². The Labute approximate surface area is 98.0 Å². The normalized spacial score (nSPS) is 11.4. The molecule has 0 radical (unpaired) electrons. The van der Waals surface area contributed by atoms with E-state index in [1.54, 1.807) is 4.90 Å². The maximum atomic E-state index is 12.2. The molecule has 0 saturated carbocycles. The Bertz CT molecular complexity index is 259. The molecule has 0 aliphatic heterocycles. The summed E-state index contributed by atoms with van der Waals surface area (Å²) >= 11 is 0. The van der Waals surface area contributed by atoms with E-state index in [0.717, 1.165) is 6.42 Å². The molecule has 0 bridgehead atoms. The van der Waals surface area contributed by atoms with E-state index in [9.17, 15) is 9.59 Å². The van der Waals surface area contributed by atoms with E-state index in [1.807, 2.05) is 34.6 Å². The third-order valence-electron chi connectivity index (χ3n) is 2.87. The predicted octanol–water partition coefficient (Wildman–Crippen LogP) is 1.83. The molecule has 0 spiro atoms. The number of methoxy groups -OCH3 is 1. The lowest BCUT2D eigenvalue weighted by Gasteiger charge is -2.33. The van der Waals surface area contributed by atoms with Gasteiger partial charge in [0.1, 0.15) is 6.54 Å². The highest BCUT2D eigenvalue weighted by Gasteiger charge is 2.32. The molecule has 0 aliphatic carbocycles. The molecular weight excluding hydrogens is 206 g/mol. The highest BCUT2D eigenvalue weighted by molar-refractivity contribution is 5.86. The number of carbonyl (C=O) groups excluding carboxylic acids is 2. The fourth-order valence-corrected chi connectivity index (χ4v) is 1.23. The van der Waals surface area contributed by atoms with Crippen LogP contribution in [0, 0.1) is 5.41 Å². The summed E-state index contributed by atoms with van der Waals surface area (Å²) in [7, 11) is 1.33. The Morgan fingerprint density at radius 2 is 1.81 bits per heavy atom. The van der Waals surface area contributed by atoms with E-state index < -0.39 is 5.41 Å². The summed E-state index contributed by atoms with van der Waals surface area (Å²) in [6, 6.07) is -0.00238. The van der Waals surface area contributed by atoms with Crippen LogP contribution < -0.4 is 0 Å². The second-order valence-corrected chi connectivity index (χ2v) is 4.84. The number of ether oxygens (including phenoxy) is 1. The van der Waals surface area contributed by atoms with Gasteiger partial charge in [-0.15, -0.1) is 0 Å². The van der Waals surface area contributed by atoms with Gasteiger partial charge in [0.25, 0.3) is 0 Å². The number of hydrogen-bond acceptors (Lipinski definition) is 3. The Morgan fingerprint density at radius 3 is 2.12 bits per heavy atom. The molecule has 0 atom stereocenters. The van der Waals surface area contributed by atoms with Gasteiger partial charge in [0.05, 0.1) is 7.11 Å². The smallest absolute Gasteiger partial charge is 0.325 e. The Balaban J connectivity index is 4.80. The summed E-state index contributed by atoms with van der Waals surface area (Å²) in [4.78, 5) is 25.0. The van der Waals surface area contributed by atoms with E-state index >= 15 is 0 Å². The van der Waals surface area contributed by atoms with Crippen LogP contribution in [0.1, 0.15) is 41.0 Å². The van der Waals surface area contributed by atoms with E-state index in [2.05, 4.69) is 4.74 Å². The van der Waals surface area contributed by atoms with Crippen molar-refractivity contribution >= 4 is 11.9 Å². The molecule has 0 aliphatic rings. The van der Waals surface area contributed by atoms with E-state index in [4.69, 9.17) is 0 Å². The fraction of sp³-hybridized carbons (Fsp3) is 0.833. The molecule has 0 fully saturated rings. The lowest BCUT2D eigenvalue weighted by Crippen LogP contribution is -2.47. The average Bonchev–Trinajstić information content (AvgIpc) is 2.23. The molecule has 0 saturated heterocycles. The highest BCUT2D eigenvalue weighted by Crippen LogP contribution is 2.24. The molecule has 16 heavy (non-hydrogen) atoms. The third-order valence-corrected chi connectivity index (χ3v) is 2.87. The van der Waals surface area contributed by atoms with Crippen LogP contribution in [0.4, 0.5) is 0 Å². The van der Waals surface area contributed by atoms with Crippen molar-refractivity contribution in [2.45, 2.75) is 47.1 Å². The summed E-state index contributed by atoms with van der Waals surface area (Å²) < 4.78 is 4.59. The van der Waals surface area contributed by atoms with Gasteiger partial charge in [-0.3, -0.25) is 9.59 Å². The monoisotopic (exact) mass is 229 g/mol. The van der Waals surface area contributed by atoms with Gasteiger partial charge in [0, 0.05) is 11.5 Å². The Hall–Kier alpha value is -1.06. The van der Waals surface area contributed by atoms with Crippen molar-refractivity contribution < 1.29 is 14.3 Å². The summed E-state index contributed by atoms with van der Waals surface area (Å²) in [5.41, 5.74) is -0.432. The van der Waals surface area contributed by atoms with Crippen molar-refractivity contribution in [3.8, 4) is 0 Å². The topological polar surface area (TPSA) is 46.6 Å². The van der Waals surface area contributed by atoms with Gasteiger partial charge in [0.15, 0.2) is 0 Å². The SMILES string of the molecule is CCC(C)(C)C(=O)N(CC(=O)OC)C(C)C. The maximum Gasteiger partial charge on any atom is 0.325 e. The van der Waals surface area contributed by atoms with Gasteiger partial charge < -0.3 is 9.64 Å². The van der Waals surface area contributed by atoms with Crippen LogP contribution in [0.5, 0.6) is 0 Å². The van der Waals surface area contributed by atoms with Gasteiger partial charge in [0.2, 0.25) is 5.91 Å². The molecule has 0 unspecified atom stereocenters. The quantitative estimate of drug-likeness (QED) is 0.676. The minimum absolute atomic E-state index is 0.00238. The summed E-state index contributed by atoms with van der Waals surface area (Å²) in [5, 5.41) is 0. The molecular formula is C12H23NO3. The van der Waals surface area contributed by atoms with Crippen molar-refractivity contribution in [3.63, 3.8) is 0 Å². The molecule has 1 amide bonds. The number of hydrogen-bond donors (Lipinski definition) is 0. The van der Waals surface area contributed by atoms with Crippen LogP contribution in [-0.4, -0.2) is 36.5 Å². The van der Waals surface area contributed by atoms with Gasteiger partial charge in [-0.25, -0.2) is 0 Å². The minimum atomic E-state index is -0.432. The molecule has 0 heterocycles. The minimum Gasteiger partial charge on any atom is -0.468 e. The zero-order valence-electron chi connectivity index (χ0n) is 11.2. The number of rotatable bonds is 5. The van der Waals surface area contributed by atoms with E-state index in [-0.39, 0.29) is 24.5 Å². The summed E-state index contributed by atoms with van der Waals surface area (Å²) in [6.07, 6.45) is 0.746. The van der Waals surface area contributed by atoms with Crippen LogP contribution >= 0.6 is 0 Å². The van der Waals surface area contributed by atoms with Crippen LogP contribution in [0.25, 0.3) is 0 Å². The van der Waals surface area contributed by atoms with Gasteiger partial charge >= 0.3 is 5.97 Å². The molecule has 0 N–H and O–H groups in total. The zero-order valence-corrected chi connectivity index (χ0v) is 11.2. The predicted molar refractivity (Wildman–Crippen MR) is 62.9 cm³/mol. The molecule has 0 rings (SSSR count). The van der Waals surface area contributed by atoms with Crippen molar-refractivity contribution in [2.75, 3.05) is 13.7 Å². The lowest BCUT2D eigenvalue weighted by atomic mass is 9.88. The highest BCUT2D eigenvalue weighted by atomic mass is 16.5. The van der Waals surface area contributed by atoms with Gasteiger partial charge in [-0.2, -0.15) is 0 Å². The first-order valence-electron chi connectivity index (χ1n) is 5.64. The number of nitrogens with zero attached hydrogens (tertiary/aromatic N) is 1. The van der Waals surface area contributed by atoms with Gasteiger partial charge in [-0.1, -0.05) is 20.8 Å². The first-order chi connectivity index (χ1) is 7.26. The molecule has 94 valence electrons. The van der Waals surface area contributed by atoms with Gasteiger partial charge in [-0.05, 0) is 20.3 Å². The molecule has 0 aromatic rings. The maximum absolute atomic E-state index is 12.2. The molecule has 0 aromatic heterocycles. The number of amides is 1. The average molecular weight is 229 g/mol. The lowest BCUT2D eigenvalue weighted by molar-refractivity contribution is -0.152. The van der Waals surface area contributed by atoms with E-state index in [1.165, 1.54) is 7.11 Å². The third kappa shape index (κ3) is 3.83. The second-order valence-electron chi connectivity index (χ2n) is 4.84. The summed E-state index contributed by atoms with van der Waals surface area (Å²) in [6.45, 7) is 9.56. The van der Waals surface area contributed by atoms with Crippen molar-refractivity contribution in [1.82, 2.24) is 4.90 Å². The molecule has 4 heteroatoms. The molecule has 0 aromatic carbocycles. The first kappa shape index (κ1) is 14.9. The Morgan fingerprint density at radius 1 is 1.31 bits per heavy atom. The standard InChI is InChI=1S/C12H23NO3/c1-7-12(4,5)11(15)13(9(2)3)8-10(14)16-6/h9H,7-8H2,1-6H3. The van der Waals surface area contributed by atoms with E-state index in [0.29, 0.717) is 0 Å². The second kappa shape index (κ2) is 5.87.